The van der Waals surface area contributed by atoms with Crippen molar-refractivity contribution in [3.8, 4) is 0 Å². The third kappa shape index (κ3) is 2.29. The van der Waals surface area contributed by atoms with E-state index in [2.05, 4.69) is 26.8 Å². The lowest BCUT2D eigenvalue weighted by molar-refractivity contribution is -0.214. The van der Waals surface area contributed by atoms with Gasteiger partial charge in [-0.05, 0) is 86.9 Å². The fourth-order valence-electron chi connectivity index (χ4n) is 8.23. The second kappa shape index (κ2) is 5.81. The Hall–Kier alpha value is -0.380. The lowest BCUT2D eigenvalue weighted by Crippen LogP contribution is -2.53. The Morgan fingerprint density at radius 3 is 2.50 bits per heavy atom. The average molecular weight is 361 g/mol. The van der Waals surface area contributed by atoms with Crippen molar-refractivity contribution in [2.24, 2.45) is 34.5 Å². The van der Waals surface area contributed by atoms with Gasteiger partial charge < -0.3 is 14.6 Å². The molecule has 3 nitrogen and oxygen atoms in total. The number of aliphatic hydroxyl groups excluding tert-OH is 1. The Balaban J connectivity index is 1.45. The smallest absolute Gasteiger partial charge is 0.169 e. The van der Waals surface area contributed by atoms with Crippen LogP contribution in [0, 0.1) is 34.5 Å². The Labute approximate surface area is 158 Å². The molecule has 1 N–H and O–H groups in total. The molecule has 0 bridgehead atoms. The summed E-state index contributed by atoms with van der Waals surface area (Å²) in [6.45, 7) is 8.78. The molecular weight excluding hydrogens is 324 g/mol. The van der Waals surface area contributed by atoms with E-state index in [-0.39, 0.29) is 11.9 Å². The standard InChI is InChI=1S/C23H36O3/c1-21-10-8-16(24)14-15(21)4-5-17-18-6-7-20(23(3)25-12-13-26-23)22(18,2)11-9-19(17)21/h4,16-20,24H,5-14H2,1-3H3/t16-,17+,18-,19-,20-,21-,22-/m0/s1. The first-order chi connectivity index (χ1) is 12.4. The number of rotatable bonds is 1. The molecule has 5 aliphatic rings. The fourth-order valence-corrected chi connectivity index (χ4v) is 8.23. The van der Waals surface area contributed by atoms with Crippen molar-refractivity contribution in [1.29, 1.82) is 0 Å². The Bertz CT molecular complexity index is 607. The van der Waals surface area contributed by atoms with Gasteiger partial charge in [0.1, 0.15) is 0 Å². The third-order valence-corrected chi connectivity index (χ3v) is 9.57. The molecule has 1 aliphatic heterocycles. The molecule has 7 atom stereocenters. The highest BCUT2D eigenvalue weighted by Gasteiger charge is 2.62. The second-order valence-electron chi connectivity index (χ2n) is 10.5. The van der Waals surface area contributed by atoms with Crippen molar-refractivity contribution < 1.29 is 14.6 Å². The van der Waals surface area contributed by atoms with Crippen LogP contribution in [0.4, 0.5) is 0 Å². The Morgan fingerprint density at radius 1 is 0.962 bits per heavy atom. The summed E-state index contributed by atoms with van der Waals surface area (Å²) in [6, 6.07) is 0. The topological polar surface area (TPSA) is 38.7 Å². The summed E-state index contributed by atoms with van der Waals surface area (Å²) in [5.74, 6) is 2.61. The number of hydrogen-bond acceptors (Lipinski definition) is 3. The van der Waals surface area contributed by atoms with Crippen LogP contribution >= 0.6 is 0 Å². The zero-order chi connectivity index (χ0) is 18.2. The van der Waals surface area contributed by atoms with Gasteiger partial charge in [0.05, 0.1) is 19.3 Å². The van der Waals surface area contributed by atoms with Crippen LogP contribution in [0.5, 0.6) is 0 Å². The van der Waals surface area contributed by atoms with Gasteiger partial charge in [0.25, 0.3) is 0 Å². The van der Waals surface area contributed by atoms with Gasteiger partial charge in [0.2, 0.25) is 0 Å². The van der Waals surface area contributed by atoms with Crippen molar-refractivity contribution in [1.82, 2.24) is 0 Å². The summed E-state index contributed by atoms with van der Waals surface area (Å²) in [5, 5.41) is 10.2. The predicted octanol–water partition coefficient (Wildman–Crippen LogP) is 4.69. The van der Waals surface area contributed by atoms with Crippen molar-refractivity contribution in [2.45, 2.75) is 84.0 Å². The fraction of sp³-hybridized carbons (Fsp3) is 0.913. The predicted molar refractivity (Wildman–Crippen MR) is 102 cm³/mol. The Kier molecular flexibility index (Phi) is 3.96. The molecular formula is C23H36O3. The molecule has 4 fully saturated rings. The third-order valence-electron chi connectivity index (χ3n) is 9.57. The molecule has 5 rings (SSSR count). The molecule has 0 spiro atoms. The molecule has 4 aliphatic carbocycles. The first-order valence-corrected chi connectivity index (χ1v) is 11.0. The van der Waals surface area contributed by atoms with E-state index in [0.29, 0.717) is 16.7 Å². The monoisotopic (exact) mass is 360 g/mol. The lowest BCUT2D eigenvalue weighted by atomic mass is 9.47. The minimum Gasteiger partial charge on any atom is -0.393 e. The second-order valence-corrected chi connectivity index (χ2v) is 10.5. The SMILES string of the molecule is CC1([C@H]2CC[C@H]3[C@H]4CC=C5C[C@@H](O)CC[C@]5(C)[C@H]4CC[C@]23C)OCCO1. The minimum absolute atomic E-state index is 0.104. The van der Waals surface area contributed by atoms with Crippen LogP contribution in [-0.4, -0.2) is 30.2 Å². The van der Waals surface area contributed by atoms with Crippen molar-refractivity contribution >= 4 is 0 Å². The van der Waals surface area contributed by atoms with E-state index in [1.807, 2.05) is 0 Å². The van der Waals surface area contributed by atoms with Gasteiger partial charge in [-0.25, -0.2) is 0 Å². The lowest BCUT2D eigenvalue weighted by Gasteiger charge is -2.58. The van der Waals surface area contributed by atoms with Crippen LogP contribution in [0.2, 0.25) is 0 Å². The maximum absolute atomic E-state index is 10.2. The Morgan fingerprint density at radius 2 is 1.73 bits per heavy atom. The molecule has 0 radical (unpaired) electrons. The maximum Gasteiger partial charge on any atom is 0.169 e. The number of fused-ring (bicyclic) bond motifs is 5. The van der Waals surface area contributed by atoms with E-state index in [1.165, 1.54) is 38.5 Å². The zero-order valence-corrected chi connectivity index (χ0v) is 16.8. The van der Waals surface area contributed by atoms with Gasteiger partial charge in [0.15, 0.2) is 5.79 Å². The number of ether oxygens (including phenoxy) is 2. The molecule has 1 saturated heterocycles. The normalized spacial score (nSPS) is 52.8. The molecule has 146 valence electrons. The van der Waals surface area contributed by atoms with Gasteiger partial charge in [-0.3, -0.25) is 0 Å². The highest BCUT2D eigenvalue weighted by atomic mass is 16.7. The first-order valence-electron chi connectivity index (χ1n) is 11.0. The first kappa shape index (κ1) is 17.7. The van der Waals surface area contributed by atoms with E-state index in [4.69, 9.17) is 9.47 Å². The molecule has 0 aromatic heterocycles. The number of hydrogen-bond donors (Lipinski definition) is 1. The van der Waals surface area contributed by atoms with Crippen LogP contribution in [0.25, 0.3) is 0 Å². The van der Waals surface area contributed by atoms with Gasteiger partial charge in [-0.1, -0.05) is 25.5 Å². The summed E-state index contributed by atoms with van der Waals surface area (Å²) in [5.41, 5.74) is 2.27. The van der Waals surface area contributed by atoms with E-state index < -0.39 is 0 Å². The average Bonchev–Trinajstić information content (AvgIpc) is 3.19. The minimum atomic E-state index is -0.356. The molecule has 26 heavy (non-hydrogen) atoms. The van der Waals surface area contributed by atoms with Crippen LogP contribution in [0.15, 0.2) is 11.6 Å². The molecule has 3 heteroatoms. The van der Waals surface area contributed by atoms with Gasteiger partial charge in [0, 0.05) is 5.92 Å². The van der Waals surface area contributed by atoms with Gasteiger partial charge in [-0.2, -0.15) is 0 Å². The van der Waals surface area contributed by atoms with E-state index in [0.717, 1.165) is 43.8 Å². The summed E-state index contributed by atoms with van der Waals surface area (Å²) in [4.78, 5) is 0. The molecule has 3 saturated carbocycles. The quantitative estimate of drug-likeness (QED) is 0.690. The van der Waals surface area contributed by atoms with Crippen LogP contribution < -0.4 is 0 Å². The molecule has 1 heterocycles. The summed E-state index contributed by atoms with van der Waals surface area (Å²) < 4.78 is 12.3. The highest BCUT2D eigenvalue weighted by molar-refractivity contribution is 5.25. The summed E-state index contributed by atoms with van der Waals surface area (Å²) >= 11 is 0. The van der Waals surface area contributed by atoms with E-state index in [1.54, 1.807) is 5.57 Å². The van der Waals surface area contributed by atoms with Crippen molar-refractivity contribution in [3.63, 3.8) is 0 Å². The molecule has 0 unspecified atom stereocenters. The van der Waals surface area contributed by atoms with Crippen molar-refractivity contribution in [3.05, 3.63) is 11.6 Å². The van der Waals surface area contributed by atoms with Crippen LogP contribution in [0.1, 0.15) is 72.1 Å². The van der Waals surface area contributed by atoms with Gasteiger partial charge >= 0.3 is 0 Å². The summed E-state index contributed by atoms with van der Waals surface area (Å²) in [6.07, 6.45) is 12.0. The molecule has 0 amide bonds. The molecule has 0 aromatic rings. The zero-order valence-electron chi connectivity index (χ0n) is 16.8. The largest absolute Gasteiger partial charge is 0.393 e. The van der Waals surface area contributed by atoms with Gasteiger partial charge in [-0.15, -0.1) is 0 Å². The van der Waals surface area contributed by atoms with Crippen molar-refractivity contribution in [2.75, 3.05) is 13.2 Å². The van der Waals surface area contributed by atoms with E-state index in [9.17, 15) is 5.11 Å². The van der Waals surface area contributed by atoms with E-state index >= 15 is 0 Å². The maximum atomic E-state index is 10.2. The van der Waals surface area contributed by atoms with Crippen LogP contribution in [0.3, 0.4) is 0 Å². The number of allylic oxidation sites excluding steroid dienone is 1. The molecule has 0 aromatic carbocycles. The number of aliphatic hydroxyl groups is 1. The van der Waals surface area contributed by atoms with Crippen LogP contribution in [-0.2, 0) is 9.47 Å². The highest BCUT2D eigenvalue weighted by Crippen LogP contribution is 2.68. The summed E-state index contributed by atoms with van der Waals surface area (Å²) in [7, 11) is 0.